The van der Waals surface area contributed by atoms with Crippen molar-refractivity contribution < 1.29 is 9.53 Å². The van der Waals surface area contributed by atoms with Crippen molar-refractivity contribution in [2.75, 3.05) is 19.7 Å². The zero-order valence-electron chi connectivity index (χ0n) is 9.64. The van der Waals surface area contributed by atoms with Crippen LogP contribution in [0.5, 0.6) is 0 Å². The van der Waals surface area contributed by atoms with Gasteiger partial charge in [-0.3, -0.25) is 9.69 Å². The van der Waals surface area contributed by atoms with E-state index in [9.17, 15) is 4.79 Å². The van der Waals surface area contributed by atoms with Crippen LogP contribution in [0.25, 0.3) is 0 Å². The van der Waals surface area contributed by atoms with Gasteiger partial charge in [-0.1, -0.05) is 30.3 Å². The summed E-state index contributed by atoms with van der Waals surface area (Å²) in [6.07, 6.45) is 0.241. The molecule has 17 heavy (non-hydrogen) atoms. The molecule has 2 rings (SSSR count). The Morgan fingerprint density at radius 3 is 2.88 bits per heavy atom. The Bertz CT molecular complexity index is 369. The molecule has 4 heteroatoms. The van der Waals surface area contributed by atoms with Gasteiger partial charge in [-0.05, 0) is 17.2 Å². The van der Waals surface area contributed by atoms with Crippen molar-refractivity contribution in [3.63, 3.8) is 0 Å². The van der Waals surface area contributed by atoms with Crippen LogP contribution in [0.15, 0.2) is 30.3 Å². The Hall–Kier alpha value is -0.900. The van der Waals surface area contributed by atoms with Crippen molar-refractivity contribution in [2.24, 2.45) is 0 Å². The summed E-state index contributed by atoms with van der Waals surface area (Å²) in [5.74, 6) is 0. The number of benzene rings is 1. The SMILES string of the molecule is O=C(Cl)CC1CN(Cc2ccccc2)CCO1. The molecule has 0 saturated carbocycles. The minimum Gasteiger partial charge on any atom is -0.375 e. The van der Waals surface area contributed by atoms with E-state index in [1.54, 1.807) is 0 Å². The summed E-state index contributed by atoms with van der Waals surface area (Å²) in [6, 6.07) is 10.3. The highest BCUT2D eigenvalue weighted by atomic mass is 35.5. The van der Waals surface area contributed by atoms with Crippen LogP contribution in [0.4, 0.5) is 0 Å². The first-order valence-electron chi connectivity index (χ1n) is 5.80. The fourth-order valence-electron chi connectivity index (χ4n) is 2.07. The molecule has 0 amide bonds. The summed E-state index contributed by atoms with van der Waals surface area (Å²) < 4.78 is 5.51. The minimum absolute atomic E-state index is 0.0579. The second-order valence-corrected chi connectivity index (χ2v) is 4.69. The minimum atomic E-state index is -0.323. The quantitative estimate of drug-likeness (QED) is 0.770. The highest BCUT2D eigenvalue weighted by Gasteiger charge is 2.22. The summed E-state index contributed by atoms with van der Waals surface area (Å²) in [5, 5.41) is -0.323. The van der Waals surface area contributed by atoms with Gasteiger partial charge in [0.05, 0.1) is 12.7 Å². The smallest absolute Gasteiger partial charge is 0.224 e. The third-order valence-corrected chi connectivity index (χ3v) is 3.01. The van der Waals surface area contributed by atoms with Gasteiger partial charge in [-0.25, -0.2) is 0 Å². The first kappa shape index (κ1) is 12.6. The van der Waals surface area contributed by atoms with E-state index < -0.39 is 0 Å². The lowest BCUT2D eigenvalue weighted by Gasteiger charge is -2.32. The summed E-state index contributed by atoms with van der Waals surface area (Å²) in [4.78, 5) is 13.1. The molecule has 1 aliphatic rings. The van der Waals surface area contributed by atoms with Crippen molar-refractivity contribution >= 4 is 16.8 Å². The Morgan fingerprint density at radius 1 is 1.41 bits per heavy atom. The van der Waals surface area contributed by atoms with Gasteiger partial charge in [0.1, 0.15) is 0 Å². The fraction of sp³-hybridized carbons (Fsp3) is 0.462. The lowest BCUT2D eigenvalue weighted by atomic mass is 10.1. The van der Waals surface area contributed by atoms with Crippen LogP contribution >= 0.6 is 11.6 Å². The van der Waals surface area contributed by atoms with Crippen LogP contribution in [0, 0.1) is 0 Å². The highest BCUT2D eigenvalue weighted by Crippen LogP contribution is 2.13. The molecule has 0 radical (unpaired) electrons. The number of rotatable bonds is 4. The molecule has 1 atom stereocenters. The van der Waals surface area contributed by atoms with E-state index in [1.807, 2.05) is 18.2 Å². The number of nitrogens with zero attached hydrogens (tertiary/aromatic N) is 1. The molecule has 1 saturated heterocycles. The fourth-order valence-corrected chi connectivity index (χ4v) is 2.24. The van der Waals surface area contributed by atoms with Crippen LogP contribution in [0.3, 0.4) is 0 Å². The largest absolute Gasteiger partial charge is 0.375 e. The summed E-state index contributed by atoms with van der Waals surface area (Å²) in [7, 11) is 0. The molecule has 3 nitrogen and oxygen atoms in total. The molecule has 1 heterocycles. The standard InChI is InChI=1S/C13H16ClNO2/c14-13(16)8-12-10-15(6-7-17-12)9-11-4-2-1-3-5-11/h1-5,12H,6-10H2. The monoisotopic (exact) mass is 253 g/mol. The predicted molar refractivity (Wildman–Crippen MR) is 66.9 cm³/mol. The van der Waals surface area contributed by atoms with Crippen molar-refractivity contribution in [3.05, 3.63) is 35.9 Å². The van der Waals surface area contributed by atoms with Gasteiger partial charge in [0, 0.05) is 26.1 Å². The van der Waals surface area contributed by atoms with Gasteiger partial charge in [0.15, 0.2) is 0 Å². The molecule has 1 aromatic rings. The lowest BCUT2D eigenvalue weighted by Crippen LogP contribution is -2.42. The van der Waals surface area contributed by atoms with Crippen LogP contribution < -0.4 is 0 Å². The number of halogens is 1. The third kappa shape index (κ3) is 4.11. The van der Waals surface area contributed by atoms with Gasteiger partial charge in [0.25, 0.3) is 0 Å². The van der Waals surface area contributed by atoms with Gasteiger partial charge in [0.2, 0.25) is 5.24 Å². The molecule has 1 aliphatic heterocycles. The first-order chi connectivity index (χ1) is 8.24. The first-order valence-corrected chi connectivity index (χ1v) is 6.18. The van der Waals surface area contributed by atoms with Crippen LogP contribution in [0.1, 0.15) is 12.0 Å². The summed E-state index contributed by atoms with van der Waals surface area (Å²) in [6.45, 7) is 3.24. The van der Waals surface area contributed by atoms with E-state index in [-0.39, 0.29) is 11.3 Å². The average Bonchev–Trinajstić information content (AvgIpc) is 2.30. The molecule has 1 fully saturated rings. The Labute approximate surface area is 106 Å². The number of carbonyl (C=O) groups is 1. The maximum atomic E-state index is 10.8. The topological polar surface area (TPSA) is 29.5 Å². The van der Waals surface area contributed by atoms with E-state index in [2.05, 4.69) is 17.0 Å². The maximum absolute atomic E-state index is 10.8. The average molecular weight is 254 g/mol. The molecule has 0 spiro atoms. The van der Waals surface area contributed by atoms with E-state index in [0.29, 0.717) is 13.0 Å². The van der Waals surface area contributed by atoms with Crippen molar-refractivity contribution in [3.8, 4) is 0 Å². The van der Waals surface area contributed by atoms with Gasteiger partial charge < -0.3 is 4.74 Å². The van der Waals surface area contributed by atoms with Crippen LogP contribution in [-0.4, -0.2) is 35.9 Å². The van der Waals surface area contributed by atoms with Crippen LogP contribution in [-0.2, 0) is 16.1 Å². The van der Waals surface area contributed by atoms with Crippen molar-refractivity contribution in [2.45, 2.75) is 19.1 Å². The van der Waals surface area contributed by atoms with Crippen LogP contribution in [0.2, 0.25) is 0 Å². The van der Waals surface area contributed by atoms with Crippen molar-refractivity contribution in [1.29, 1.82) is 0 Å². The van der Waals surface area contributed by atoms with Crippen molar-refractivity contribution in [1.82, 2.24) is 4.90 Å². The summed E-state index contributed by atoms with van der Waals surface area (Å²) >= 11 is 5.38. The Balaban J connectivity index is 1.87. The molecule has 1 aromatic carbocycles. The molecule has 92 valence electrons. The maximum Gasteiger partial charge on any atom is 0.224 e. The van der Waals surface area contributed by atoms with Gasteiger partial charge >= 0.3 is 0 Å². The number of hydrogen-bond acceptors (Lipinski definition) is 3. The number of hydrogen-bond donors (Lipinski definition) is 0. The van der Waals surface area contributed by atoms with Gasteiger partial charge in [-0.15, -0.1) is 0 Å². The summed E-state index contributed by atoms with van der Waals surface area (Å²) in [5.41, 5.74) is 1.28. The zero-order chi connectivity index (χ0) is 12.1. The lowest BCUT2D eigenvalue weighted by molar-refractivity contribution is -0.116. The Morgan fingerprint density at radius 2 is 2.18 bits per heavy atom. The van der Waals surface area contributed by atoms with E-state index in [0.717, 1.165) is 19.6 Å². The van der Waals surface area contributed by atoms with E-state index in [1.165, 1.54) is 5.56 Å². The molecular weight excluding hydrogens is 238 g/mol. The van der Waals surface area contributed by atoms with Gasteiger partial charge in [-0.2, -0.15) is 0 Å². The van der Waals surface area contributed by atoms with E-state index in [4.69, 9.17) is 16.3 Å². The highest BCUT2D eigenvalue weighted by molar-refractivity contribution is 6.63. The number of carbonyl (C=O) groups excluding carboxylic acids is 1. The molecule has 0 bridgehead atoms. The Kier molecular flexibility index (Phi) is 4.54. The predicted octanol–water partition coefficient (Wildman–Crippen LogP) is 2.04. The number of morpholine rings is 1. The third-order valence-electron chi connectivity index (χ3n) is 2.86. The zero-order valence-corrected chi connectivity index (χ0v) is 10.4. The molecule has 0 aromatic heterocycles. The molecule has 0 aliphatic carbocycles. The normalized spacial score (nSPS) is 21.4. The molecular formula is C13H16ClNO2. The number of ether oxygens (including phenoxy) is 1. The molecule has 1 unspecified atom stereocenters. The second-order valence-electron chi connectivity index (χ2n) is 4.27. The second kappa shape index (κ2) is 6.15. The molecule has 0 N–H and O–H groups in total. The van der Waals surface area contributed by atoms with E-state index >= 15 is 0 Å².